The Kier molecular flexibility index (Phi) is 4.16. The first-order valence-corrected chi connectivity index (χ1v) is 7.98. The van der Waals surface area contributed by atoms with Crippen LogP contribution in [0.4, 0.5) is 5.69 Å². The van der Waals surface area contributed by atoms with Gasteiger partial charge in [0, 0.05) is 24.7 Å². The van der Waals surface area contributed by atoms with E-state index in [-0.39, 0.29) is 17.9 Å². The van der Waals surface area contributed by atoms with Gasteiger partial charge in [-0.05, 0) is 37.5 Å². The second-order valence-corrected chi connectivity index (χ2v) is 6.22. The number of nitrogens with one attached hydrogen (secondary N) is 1. The molecule has 0 aromatic heterocycles. The summed E-state index contributed by atoms with van der Waals surface area (Å²) in [5.41, 5.74) is 2.38. The Bertz CT molecular complexity index is 481. The van der Waals surface area contributed by atoms with Crippen molar-refractivity contribution in [2.45, 2.75) is 31.9 Å². The van der Waals surface area contributed by atoms with Crippen LogP contribution in [0.3, 0.4) is 0 Å². The Morgan fingerprint density at radius 1 is 1.35 bits per heavy atom. The first-order chi connectivity index (χ1) is 9.67. The van der Waals surface area contributed by atoms with Gasteiger partial charge in [-0.2, -0.15) is 0 Å². The van der Waals surface area contributed by atoms with Crippen molar-refractivity contribution in [2.24, 2.45) is 5.92 Å². The molecule has 2 aliphatic rings. The second kappa shape index (κ2) is 5.89. The van der Waals surface area contributed by atoms with Gasteiger partial charge in [-0.1, -0.05) is 12.1 Å². The van der Waals surface area contributed by atoms with E-state index in [1.54, 1.807) is 0 Å². The molecule has 1 heterocycles. The molecular formula is C15H19IN2O2. The number of rotatable bonds is 5. The number of benzene rings is 1. The van der Waals surface area contributed by atoms with Crippen LogP contribution in [0.2, 0.25) is 0 Å². The summed E-state index contributed by atoms with van der Waals surface area (Å²) < 4.78 is 5.25. The molecule has 0 unspecified atom stereocenters. The third-order valence-electron chi connectivity index (χ3n) is 4.04. The van der Waals surface area contributed by atoms with Gasteiger partial charge in [0.15, 0.2) is 0 Å². The first-order valence-electron chi connectivity index (χ1n) is 7.10. The number of anilines is 1. The highest BCUT2D eigenvalue weighted by molar-refractivity contribution is 14.1. The lowest BCUT2D eigenvalue weighted by Gasteiger charge is -2.39. The summed E-state index contributed by atoms with van der Waals surface area (Å²) in [6.45, 7) is 3.95. The molecule has 1 aliphatic carbocycles. The zero-order valence-corrected chi connectivity index (χ0v) is 13.7. The summed E-state index contributed by atoms with van der Waals surface area (Å²) >= 11 is 1.96. The van der Waals surface area contributed by atoms with Crippen LogP contribution in [0.25, 0.3) is 0 Å². The molecule has 1 saturated carbocycles. The maximum atomic E-state index is 11.8. The molecule has 5 heteroatoms. The smallest absolute Gasteiger partial charge is 0.223 e. The molecular weight excluding hydrogens is 367 g/mol. The fourth-order valence-corrected chi connectivity index (χ4v) is 2.76. The van der Waals surface area contributed by atoms with Gasteiger partial charge in [0.05, 0.1) is 6.04 Å². The predicted molar refractivity (Wildman–Crippen MR) is 86.8 cm³/mol. The molecule has 108 valence electrons. The molecule has 1 aromatic carbocycles. The summed E-state index contributed by atoms with van der Waals surface area (Å²) in [7, 11) is 0. The molecule has 20 heavy (non-hydrogen) atoms. The maximum absolute atomic E-state index is 11.8. The highest BCUT2D eigenvalue weighted by atomic mass is 127. The van der Waals surface area contributed by atoms with Crippen molar-refractivity contribution >= 4 is 34.6 Å². The van der Waals surface area contributed by atoms with Gasteiger partial charge in [-0.25, -0.2) is 0 Å². The lowest BCUT2D eigenvalue weighted by atomic mass is 10.1. The number of carbonyl (C=O) groups is 1. The van der Waals surface area contributed by atoms with E-state index in [0.717, 1.165) is 31.5 Å². The van der Waals surface area contributed by atoms with Gasteiger partial charge >= 0.3 is 0 Å². The highest BCUT2D eigenvalue weighted by Crippen LogP contribution is 2.30. The Labute approximate surface area is 133 Å². The van der Waals surface area contributed by atoms with E-state index in [4.69, 9.17) is 3.07 Å². The summed E-state index contributed by atoms with van der Waals surface area (Å²) in [6.07, 6.45) is 2.45. The van der Waals surface area contributed by atoms with Crippen molar-refractivity contribution in [1.82, 2.24) is 5.32 Å². The molecule has 1 aliphatic heterocycles. The number of carbonyl (C=O) groups excluding carboxylic acids is 1. The zero-order valence-electron chi connectivity index (χ0n) is 11.5. The molecule has 1 N–H and O–H groups in total. The topological polar surface area (TPSA) is 41.6 Å². The molecule has 1 saturated heterocycles. The van der Waals surface area contributed by atoms with Crippen molar-refractivity contribution in [3.05, 3.63) is 29.8 Å². The van der Waals surface area contributed by atoms with Crippen molar-refractivity contribution < 1.29 is 7.86 Å². The minimum atomic E-state index is 0.0824. The minimum Gasteiger partial charge on any atom is -0.366 e. The fraction of sp³-hybridized carbons (Fsp3) is 0.533. The molecule has 0 spiro atoms. The second-order valence-electron chi connectivity index (χ2n) is 5.71. The van der Waals surface area contributed by atoms with Crippen molar-refractivity contribution in [3.63, 3.8) is 0 Å². The van der Waals surface area contributed by atoms with Gasteiger partial charge in [-0.3, -0.25) is 4.79 Å². The quantitative estimate of drug-likeness (QED) is 0.792. The van der Waals surface area contributed by atoms with E-state index < -0.39 is 0 Å². The Morgan fingerprint density at radius 2 is 2.00 bits per heavy atom. The highest BCUT2D eigenvalue weighted by Gasteiger charge is 2.30. The Morgan fingerprint density at radius 3 is 2.55 bits per heavy atom. The van der Waals surface area contributed by atoms with Crippen molar-refractivity contribution in [1.29, 1.82) is 0 Å². The number of hydrogen-bond acceptors (Lipinski definition) is 3. The predicted octanol–water partition coefficient (Wildman–Crippen LogP) is 2.83. The van der Waals surface area contributed by atoms with Gasteiger partial charge in [0.25, 0.3) is 0 Å². The molecule has 0 bridgehead atoms. The Balaban J connectivity index is 1.56. The van der Waals surface area contributed by atoms with Crippen LogP contribution in [0.5, 0.6) is 0 Å². The molecule has 4 nitrogen and oxygen atoms in total. The van der Waals surface area contributed by atoms with Crippen molar-refractivity contribution in [2.75, 3.05) is 18.0 Å². The summed E-state index contributed by atoms with van der Waals surface area (Å²) in [6, 6.07) is 8.53. The minimum absolute atomic E-state index is 0.0824. The largest absolute Gasteiger partial charge is 0.366 e. The van der Waals surface area contributed by atoms with Gasteiger partial charge in [-0.15, -0.1) is 0 Å². The summed E-state index contributed by atoms with van der Waals surface area (Å²) in [5.74, 6) is 0.467. The summed E-state index contributed by atoms with van der Waals surface area (Å²) in [4.78, 5) is 14.0. The Hall–Kier alpha value is -0.820. The monoisotopic (exact) mass is 386 g/mol. The number of halogens is 1. The molecule has 1 atom stereocenters. The SMILES string of the molecule is C[C@H](NC(=O)C1CC1)c1ccc(N2CC(OI)C2)cc1. The van der Waals surface area contributed by atoms with E-state index in [1.165, 1.54) is 5.69 Å². The fourth-order valence-electron chi connectivity index (χ4n) is 2.44. The lowest BCUT2D eigenvalue weighted by molar-refractivity contribution is -0.122. The van der Waals surface area contributed by atoms with Crippen LogP contribution < -0.4 is 10.2 Å². The zero-order chi connectivity index (χ0) is 14.1. The van der Waals surface area contributed by atoms with Crippen LogP contribution in [0.1, 0.15) is 31.4 Å². The maximum Gasteiger partial charge on any atom is 0.223 e. The van der Waals surface area contributed by atoms with Crippen LogP contribution in [0.15, 0.2) is 24.3 Å². The molecule has 1 aromatic rings. The molecule has 2 fully saturated rings. The van der Waals surface area contributed by atoms with E-state index in [1.807, 2.05) is 29.9 Å². The lowest BCUT2D eigenvalue weighted by Crippen LogP contribution is -2.51. The van der Waals surface area contributed by atoms with Crippen LogP contribution in [0, 0.1) is 5.92 Å². The van der Waals surface area contributed by atoms with Gasteiger partial charge in [0.2, 0.25) is 5.91 Å². The molecule has 3 rings (SSSR count). The summed E-state index contributed by atoms with van der Waals surface area (Å²) in [5, 5.41) is 3.08. The van der Waals surface area contributed by atoms with Crippen LogP contribution in [-0.4, -0.2) is 25.1 Å². The van der Waals surface area contributed by atoms with Crippen LogP contribution in [-0.2, 0) is 7.86 Å². The normalized spacial score (nSPS) is 20.4. The van der Waals surface area contributed by atoms with Crippen LogP contribution >= 0.6 is 23.0 Å². The third-order valence-corrected chi connectivity index (χ3v) is 4.76. The number of nitrogens with zero attached hydrogens (tertiary/aromatic N) is 1. The average molecular weight is 386 g/mol. The van der Waals surface area contributed by atoms with Crippen molar-refractivity contribution in [3.8, 4) is 0 Å². The van der Waals surface area contributed by atoms with Gasteiger partial charge < -0.3 is 13.3 Å². The van der Waals surface area contributed by atoms with E-state index >= 15 is 0 Å². The van der Waals surface area contributed by atoms with E-state index in [9.17, 15) is 4.79 Å². The molecule has 1 amide bonds. The first kappa shape index (κ1) is 14.1. The molecule has 0 radical (unpaired) electrons. The standard InChI is InChI=1S/C15H19IN2O2/c1-10(17-15(19)12-2-3-12)11-4-6-13(7-5-11)18-8-14(9-18)20-16/h4-7,10,12,14H,2-3,8-9H2,1H3,(H,17,19)/t10-/m0/s1. The average Bonchev–Trinajstić information content (AvgIpc) is 3.22. The van der Waals surface area contributed by atoms with Gasteiger partial charge in [0.1, 0.15) is 29.1 Å². The number of amides is 1. The van der Waals surface area contributed by atoms with E-state index in [2.05, 4.69) is 34.5 Å². The third kappa shape index (κ3) is 3.09. The number of hydrogen-bond donors (Lipinski definition) is 1. The van der Waals surface area contributed by atoms with E-state index in [0.29, 0.717) is 6.10 Å².